The molecule has 2 N–H and O–H groups in total. The highest BCUT2D eigenvalue weighted by molar-refractivity contribution is 5.77. The lowest BCUT2D eigenvalue weighted by molar-refractivity contribution is -0.175. The summed E-state index contributed by atoms with van der Waals surface area (Å²) in [6.45, 7) is 4.22. The predicted molar refractivity (Wildman–Crippen MR) is 60.2 cm³/mol. The number of carboxylic acids is 1. The minimum atomic E-state index is -1.06. The molecule has 2 atom stereocenters. The fourth-order valence-electron chi connectivity index (χ4n) is 2.47. The number of carbonyl (C=O) groups is 1. The summed E-state index contributed by atoms with van der Waals surface area (Å²) < 4.78 is 5.41. The van der Waals surface area contributed by atoms with Gasteiger partial charge in [-0.1, -0.05) is 13.8 Å². The van der Waals surface area contributed by atoms with E-state index < -0.39 is 11.6 Å². The SMILES string of the molecule is CC(C)C1CCCC(OCCO)(C(=O)O)C1. The average molecular weight is 230 g/mol. The molecule has 4 heteroatoms. The van der Waals surface area contributed by atoms with Crippen molar-refractivity contribution >= 4 is 5.97 Å². The third kappa shape index (κ3) is 2.95. The molecule has 0 saturated heterocycles. The molecule has 0 spiro atoms. The fraction of sp³-hybridized carbons (Fsp3) is 0.917. The van der Waals surface area contributed by atoms with Gasteiger partial charge in [0.1, 0.15) is 0 Å². The van der Waals surface area contributed by atoms with Crippen LogP contribution in [0.5, 0.6) is 0 Å². The van der Waals surface area contributed by atoms with Crippen LogP contribution in [0.2, 0.25) is 0 Å². The Labute approximate surface area is 96.6 Å². The Morgan fingerprint density at radius 1 is 1.56 bits per heavy atom. The van der Waals surface area contributed by atoms with E-state index in [0.717, 1.165) is 12.8 Å². The maximum atomic E-state index is 11.3. The molecule has 2 unspecified atom stereocenters. The second-order valence-corrected chi connectivity index (χ2v) is 4.97. The summed E-state index contributed by atoms with van der Waals surface area (Å²) in [5.74, 6) is 0.00611. The lowest BCUT2D eigenvalue weighted by Crippen LogP contribution is -2.47. The number of carboxylic acid groups (broad SMARTS) is 1. The van der Waals surface area contributed by atoms with Crippen LogP contribution in [0.1, 0.15) is 39.5 Å². The van der Waals surface area contributed by atoms with Gasteiger partial charge < -0.3 is 14.9 Å². The van der Waals surface area contributed by atoms with Gasteiger partial charge in [-0.25, -0.2) is 4.79 Å². The molecule has 0 aromatic rings. The first-order valence-corrected chi connectivity index (χ1v) is 6.00. The standard InChI is InChI=1S/C12H22O4/c1-9(2)10-4-3-5-12(8-10,11(14)15)16-7-6-13/h9-10,13H,3-8H2,1-2H3,(H,14,15). The van der Waals surface area contributed by atoms with Crippen LogP contribution in [0.3, 0.4) is 0 Å². The molecule has 0 radical (unpaired) electrons. The van der Waals surface area contributed by atoms with Gasteiger partial charge in [0.25, 0.3) is 0 Å². The first-order chi connectivity index (χ1) is 7.52. The molecule has 1 aliphatic rings. The van der Waals surface area contributed by atoms with Gasteiger partial charge in [0.05, 0.1) is 13.2 Å². The molecule has 0 heterocycles. The van der Waals surface area contributed by atoms with Crippen molar-refractivity contribution < 1.29 is 19.7 Å². The molecule has 1 rings (SSSR count). The van der Waals surface area contributed by atoms with Gasteiger partial charge in [0.15, 0.2) is 5.60 Å². The maximum Gasteiger partial charge on any atom is 0.335 e. The van der Waals surface area contributed by atoms with Gasteiger partial charge in [-0.15, -0.1) is 0 Å². The van der Waals surface area contributed by atoms with E-state index >= 15 is 0 Å². The van der Waals surface area contributed by atoms with E-state index in [4.69, 9.17) is 9.84 Å². The van der Waals surface area contributed by atoms with Crippen molar-refractivity contribution in [1.82, 2.24) is 0 Å². The van der Waals surface area contributed by atoms with Crippen LogP contribution < -0.4 is 0 Å². The summed E-state index contributed by atoms with van der Waals surface area (Å²) in [6, 6.07) is 0. The summed E-state index contributed by atoms with van der Waals surface area (Å²) in [7, 11) is 0. The van der Waals surface area contributed by atoms with Crippen molar-refractivity contribution in [1.29, 1.82) is 0 Å². The van der Waals surface area contributed by atoms with Crippen LogP contribution in [0.4, 0.5) is 0 Å². The van der Waals surface area contributed by atoms with E-state index in [1.165, 1.54) is 0 Å². The second kappa shape index (κ2) is 5.64. The van der Waals surface area contributed by atoms with Crippen LogP contribution in [0, 0.1) is 11.8 Å². The highest BCUT2D eigenvalue weighted by Gasteiger charge is 2.44. The third-order valence-corrected chi connectivity index (χ3v) is 3.55. The zero-order valence-electron chi connectivity index (χ0n) is 10.1. The molecular weight excluding hydrogens is 208 g/mol. The minimum Gasteiger partial charge on any atom is -0.479 e. The Morgan fingerprint density at radius 3 is 2.75 bits per heavy atom. The van der Waals surface area contributed by atoms with Gasteiger partial charge in [0.2, 0.25) is 0 Å². The number of aliphatic hydroxyl groups is 1. The van der Waals surface area contributed by atoms with Crippen LogP contribution in [0.15, 0.2) is 0 Å². The molecule has 1 fully saturated rings. The average Bonchev–Trinajstić information content (AvgIpc) is 2.26. The fourth-order valence-corrected chi connectivity index (χ4v) is 2.47. The van der Waals surface area contributed by atoms with E-state index in [0.29, 0.717) is 24.7 Å². The van der Waals surface area contributed by atoms with Crippen LogP contribution in [-0.2, 0) is 9.53 Å². The number of aliphatic hydroxyl groups excluding tert-OH is 1. The van der Waals surface area contributed by atoms with E-state index in [-0.39, 0.29) is 13.2 Å². The second-order valence-electron chi connectivity index (χ2n) is 4.97. The highest BCUT2D eigenvalue weighted by Crippen LogP contribution is 2.38. The first-order valence-electron chi connectivity index (χ1n) is 6.00. The molecule has 4 nitrogen and oxygen atoms in total. The summed E-state index contributed by atoms with van der Waals surface area (Å²) in [4.78, 5) is 11.3. The number of ether oxygens (including phenoxy) is 1. The molecule has 1 saturated carbocycles. The van der Waals surface area contributed by atoms with Crippen LogP contribution >= 0.6 is 0 Å². The quantitative estimate of drug-likeness (QED) is 0.754. The zero-order valence-corrected chi connectivity index (χ0v) is 10.1. The van der Waals surface area contributed by atoms with Crippen LogP contribution in [-0.4, -0.2) is 35.0 Å². The molecule has 1 aliphatic carbocycles. The first kappa shape index (κ1) is 13.5. The summed E-state index contributed by atoms with van der Waals surface area (Å²) in [5.41, 5.74) is -1.06. The normalized spacial score (nSPS) is 30.6. The van der Waals surface area contributed by atoms with E-state index in [1.54, 1.807) is 0 Å². The van der Waals surface area contributed by atoms with Gasteiger partial charge in [0, 0.05) is 0 Å². The van der Waals surface area contributed by atoms with E-state index in [9.17, 15) is 9.90 Å². The zero-order chi connectivity index (χ0) is 12.2. The van der Waals surface area contributed by atoms with Crippen molar-refractivity contribution in [2.45, 2.75) is 45.1 Å². The number of rotatable bonds is 5. The Bertz CT molecular complexity index is 239. The Kier molecular flexibility index (Phi) is 4.74. The van der Waals surface area contributed by atoms with Gasteiger partial charge >= 0.3 is 5.97 Å². The van der Waals surface area contributed by atoms with Gasteiger partial charge in [-0.3, -0.25) is 0 Å². The molecule has 16 heavy (non-hydrogen) atoms. The van der Waals surface area contributed by atoms with Crippen molar-refractivity contribution in [3.63, 3.8) is 0 Å². The van der Waals surface area contributed by atoms with E-state index in [2.05, 4.69) is 13.8 Å². The Balaban J connectivity index is 2.72. The summed E-state index contributed by atoms with van der Waals surface area (Å²) in [6.07, 6.45) is 3.10. The molecule has 0 aromatic carbocycles. The van der Waals surface area contributed by atoms with Crippen molar-refractivity contribution in [2.75, 3.05) is 13.2 Å². The lowest BCUT2D eigenvalue weighted by Gasteiger charge is -2.38. The van der Waals surface area contributed by atoms with E-state index in [1.807, 2.05) is 0 Å². The lowest BCUT2D eigenvalue weighted by atomic mass is 9.73. The molecule has 0 aromatic heterocycles. The Hall–Kier alpha value is -0.610. The monoisotopic (exact) mass is 230 g/mol. The maximum absolute atomic E-state index is 11.3. The smallest absolute Gasteiger partial charge is 0.335 e. The Morgan fingerprint density at radius 2 is 2.25 bits per heavy atom. The molecular formula is C12H22O4. The largest absolute Gasteiger partial charge is 0.479 e. The van der Waals surface area contributed by atoms with Crippen molar-refractivity contribution in [3.8, 4) is 0 Å². The van der Waals surface area contributed by atoms with Crippen molar-refractivity contribution in [2.24, 2.45) is 11.8 Å². The summed E-state index contributed by atoms with van der Waals surface area (Å²) >= 11 is 0. The highest BCUT2D eigenvalue weighted by atomic mass is 16.5. The molecule has 94 valence electrons. The van der Waals surface area contributed by atoms with Crippen molar-refractivity contribution in [3.05, 3.63) is 0 Å². The minimum absolute atomic E-state index is 0.108. The topological polar surface area (TPSA) is 66.8 Å². The third-order valence-electron chi connectivity index (χ3n) is 3.55. The van der Waals surface area contributed by atoms with Gasteiger partial charge in [-0.2, -0.15) is 0 Å². The van der Waals surface area contributed by atoms with Gasteiger partial charge in [-0.05, 0) is 37.5 Å². The number of hydrogen-bond donors (Lipinski definition) is 2. The predicted octanol–water partition coefficient (Wildman–Crippen LogP) is 1.66. The summed E-state index contributed by atoms with van der Waals surface area (Å²) in [5, 5.41) is 18.1. The number of aliphatic carboxylic acids is 1. The molecule has 0 amide bonds. The van der Waals surface area contributed by atoms with Crippen LogP contribution in [0.25, 0.3) is 0 Å². The molecule has 0 bridgehead atoms. The molecule has 0 aliphatic heterocycles. The number of hydrogen-bond acceptors (Lipinski definition) is 3.